The normalized spacial score (nSPS) is 19.0. The van der Waals surface area contributed by atoms with Crippen molar-refractivity contribution in [2.24, 2.45) is 17.6 Å². The minimum atomic E-state index is 0.0640. The third-order valence-electron chi connectivity index (χ3n) is 3.98. The highest BCUT2D eigenvalue weighted by molar-refractivity contribution is 5.94. The second-order valence-electron chi connectivity index (χ2n) is 5.58. The van der Waals surface area contributed by atoms with E-state index in [1.807, 2.05) is 24.3 Å². The monoisotopic (exact) mass is 244 g/mol. The van der Waals surface area contributed by atoms with Crippen molar-refractivity contribution in [1.29, 1.82) is 0 Å². The minimum Gasteiger partial charge on any atom is -0.349 e. The van der Waals surface area contributed by atoms with Gasteiger partial charge in [-0.1, -0.05) is 12.1 Å². The van der Waals surface area contributed by atoms with E-state index < -0.39 is 0 Å². The van der Waals surface area contributed by atoms with E-state index in [1.54, 1.807) is 0 Å². The molecule has 0 aromatic heterocycles. The first-order chi connectivity index (χ1) is 8.78. The molecular formula is C15H20N2O. The SMILES string of the molecule is NCc1cccc(C(=O)NC(C2CC2)C2CC2)c1. The molecule has 1 amide bonds. The molecular weight excluding hydrogens is 224 g/mol. The van der Waals surface area contributed by atoms with Crippen LogP contribution in [0.2, 0.25) is 0 Å². The second-order valence-corrected chi connectivity index (χ2v) is 5.58. The van der Waals surface area contributed by atoms with Gasteiger partial charge < -0.3 is 11.1 Å². The van der Waals surface area contributed by atoms with Gasteiger partial charge in [0.1, 0.15) is 0 Å². The largest absolute Gasteiger partial charge is 0.349 e. The molecule has 0 saturated heterocycles. The van der Waals surface area contributed by atoms with E-state index >= 15 is 0 Å². The Morgan fingerprint density at radius 2 is 1.94 bits per heavy atom. The Morgan fingerprint density at radius 3 is 2.50 bits per heavy atom. The van der Waals surface area contributed by atoms with Crippen LogP contribution < -0.4 is 11.1 Å². The number of benzene rings is 1. The molecule has 3 N–H and O–H groups in total. The van der Waals surface area contributed by atoms with Gasteiger partial charge in [0.15, 0.2) is 0 Å². The number of amides is 1. The zero-order valence-electron chi connectivity index (χ0n) is 10.6. The molecule has 0 unspecified atom stereocenters. The van der Waals surface area contributed by atoms with Gasteiger partial charge in [0, 0.05) is 18.2 Å². The Morgan fingerprint density at radius 1 is 1.28 bits per heavy atom. The van der Waals surface area contributed by atoms with Gasteiger partial charge >= 0.3 is 0 Å². The molecule has 0 bridgehead atoms. The van der Waals surface area contributed by atoms with Crippen molar-refractivity contribution in [3.8, 4) is 0 Å². The molecule has 96 valence electrons. The predicted molar refractivity (Wildman–Crippen MR) is 71.0 cm³/mol. The number of rotatable bonds is 5. The first kappa shape index (κ1) is 11.7. The van der Waals surface area contributed by atoms with E-state index in [1.165, 1.54) is 25.7 Å². The fourth-order valence-electron chi connectivity index (χ4n) is 2.61. The number of nitrogens with two attached hydrogens (primary N) is 1. The van der Waals surface area contributed by atoms with Crippen LogP contribution in [-0.4, -0.2) is 11.9 Å². The van der Waals surface area contributed by atoms with Crippen molar-refractivity contribution in [3.63, 3.8) is 0 Å². The highest BCUT2D eigenvalue weighted by Gasteiger charge is 2.42. The molecule has 2 fully saturated rings. The van der Waals surface area contributed by atoms with E-state index in [9.17, 15) is 4.79 Å². The number of hydrogen-bond acceptors (Lipinski definition) is 2. The Labute approximate surface area is 108 Å². The van der Waals surface area contributed by atoms with Crippen LogP contribution in [0.4, 0.5) is 0 Å². The van der Waals surface area contributed by atoms with Gasteiger partial charge in [-0.25, -0.2) is 0 Å². The summed E-state index contributed by atoms with van der Waals surface area (Å²) >= 11 is 0. The van der Waals surface area contributed by atoms with Crippen LogP contribution in [-0.2, 0) is 6.54 Å². The summed E-state index contributed by atoms with van der Waals surface area (Å²) in [6, 6.07) is 8.03. The Balaban J connectivity index is 1.69. The summed E-state index contributed by atoms with van der Waals surface area (Å²) in [5, 5.41) is 3.23. The number of hydrogen-bond donors (Lipinski definition) is 2. The van der Waals surface area contributed by atoms with Crippen LogP contribution in [0.3, 0.4) is 0 Å². The van der Waals surface area contributed by atoms with Crippen molar-refractivity contribution >= 4 is 5.91 Å². The van der Waals surface area contributed by atoms with E-state index in [2.05, 4.69) is 5.32 Å². The lowest BCUT2D eigenvalue weighted by atomic mass is 10.1. The van der Waals surface area contributed by atoms with Crippen LogP contribution in [0, 0.1) is 11.8 Å². The molecule has 1 aromatic carbocycles. The summed E-state index contributed by atoms with van der Waals surface area (Å²) in [6.45, 7) is 0.482. The molecule has 0 heterocycles. The summed E-state index contributed by atoms with van der Waals surface area (Å²) in [5.41, 5.74) is 7.36. The maximum absolute atomic E-state index is 12.2. The molecule has 3 rings (SSSR count). The van der Waals surface area contributed by atoms with Crippen molar-refractivity contribution in [2.75, 3.05) is 0 Å². The third kappa shape index (κ3) is 2.56. The highest BCUT2D eigenvalue weighted by atomic mass is 16.1. The first-order valence-electron chi connectivity index (χ1n) is 6.88. The van der Waals surface area contributed by atoms with Crippen LogP contribution in [0.15, 0.2) is 24.3 Å². The van der Waals surface area contributed by atoms with Gasteiger partial charge in [0.25, 0.3) is 5.91 Å². The predicted octanol–water partition coefficient (Wildman–Crippen LogP) is 2.06. The summed E-state index contributed by atoms with van der Waals surface area (Å²) in [6.07, 6.45) is 5.13. The fourth-order valence-corrected chi connectivity index (χ4v) is 2.61. The van der Waals surface area contributed by atoms with Crippen molar-refractivity contribution < 1.29 is 4.79 Å². The van der Waals surface area contributed by atoms with E-state index in [0.29, 0.717) is 12.6 Å². The van der Waals surface area contributed by atoms with Crippen molar-refractivity contribution in [2.45, 2.75) is 38.3 Å². The van der Waals surface area contributed by atoms with Gasteiger partial charge in [-0.05, 0) is 55.2 Å². The van der Waals surface area contributed by atoms with Crippen LogP contribution in [0.5, 0.6) is 0 Å². The Hall–Kier alpha value is -1.35. The Kier molecular flexibility index (Phi) is 3.08. The average molecular weight is 244 g/mol. The van der Waals surface area contributed by atoms with Crippen LogP contribution in [0.1, 0.15) is 41.6 Å². The third-order valence-corrected chi connectivity index (χ3v) is 3.98. The summed E-state index contributed by atoms with van der Waals surface area (Å²) in [7, 11) is 0. The van der Waals surface area contributed by atoms with Gasteiger partial charge in [-0.2, -0.15) is 0 Å². The molecule has 2 aliphatic rings. The molecule has 1 aromatic rings. The molecule has 3 heteroatoms. The number of nitrogens with one attached hydrogen (secondary N) is 1. The molecule has 0 spiro atoms. The fraction of sp³-hybridized carbons (Fsp3) is 0.533. The van der Waals surface area contributed by atoms with Crippen molar-refractivity contribution in [1.82, 2.24) is 5.32 Å². The molecule has 0 aliphatic heterocycles. The topological polar surface area (TPSA) is 55.1 Å². The number of carbonyl (C=O) groups is 1. The molecule has 18 heavy (non-hydrogen) atoms. The quantitative estimate of drug-likeness (QED) is 0.833. The van der Waals surface area contributed by atoms with Gasteiger partial charge in [0.2, 0.25) is 0 Å². The highest BCUT2D eigenvalue weighted by Crippen LogP contribution is 2.44. The van der Waals surface area contributed by atoms with Crippen LogP contribution in [0.25, 0.3) is 0 Å². The molecule has 2 aliphatic carbocycles. The van der Waals surface area contributed by atoms with Gasteiger partial charge in [0.05, 0.1) is 0 Å². The van der Waals surface area contributed by atoms with E-state index in [0.717, 1.165) is 23.0 Å². The van der Waals surface area contributed by atoms with Gasteiger partial charge in [-0.3, -0.25) is 4.79 Å². The number of carbonyl (C=O) groups excluding carboxylic acids is 1. The summed E-state index contributed by atoms with van der Waals surface area (Å²) in [4.78, 5) is 12.2. The average Bonchev–Trinajstić information content (AvgIpc) is 3.29. The van der Waals surface area contributed by atoms with E-state index in [-0.39, 0.29) is 5.91 Å². The second kappa shape index (κ2) is 4.73. The smallest absolute Gasteiger partial charge is 0.251 e. The minimum absolute atomic E-state index is 0.0640. The zero-order chi connectivity index (χ0) is 12.5. The lowest BCUT2D eigenvalue weighted by Gasteiger charge is -2.17. The molecule has 0 radical (unpaired) electrons. The molecule has 2 saturated carbocycles. The zero-order valence-corrected chi connectivity index (χ0v) is 10.6. The lowest BCUT2D eigenvalue weighted by molar-refractivity contribution is 0.0926. The maximum Gasteiger partial charge on any atom is 0.251 e. The lowest BCUT2D eigenvalue weighted by Crippen LogP contribution is -2.38. The van der Waals surface area contributed by atoms with Gasteiger partial charge in [-0.15, -0.1) is 0 Å². The summed E-state index contributed by atoms with van der Waals surface area (Å²) in [5.74, 6) is 1.53. The van der Waals surface area contributed by atoms with Crippen LogP contribution >= 0.6 is 0 Å². The first-order valence-corrected chi connectivity index (χ1v) is 6.88. The summed E-state index contributed by atoms with van der Waals surface area (Å²) < 4.78 is 0. The molecule has 3 nitrogen and oxygen atoms in total. The van der Waals surface area contributed by atoms with Crippen molar-refractivity contribution in [3.05, 3.63) is 35.4 Å². The standard InChI is InChI=1S/C15H20N2O/c16-9-10-2-1-3-13(8-10)15(18)17-14(11-4-5-11)12-6-7-12/h1-3,8,11-12,14H,4-7,9,16H2,(H,17,18). The maximum atomic E-state index is 12.2. The molecule has 0 atom stereocenters. The van der Waals surface area contributed by atoms with E-state index in [4.69, 9.17) is 5.73 Å². The Bertz CT molecular complexity index is 438.